The number of fused-ring (bicyclic) bond motifs is 1. The van der Waals surface area contributed by atoms with Crippen LogP contribution in [-0.2, 0) is 12.7 Å². The Morgan fingerprint density at radius 1 is 1.08 bits per heavy atom. The lowest BCUT2D eigenvalue weighted by atomic mass is 9.89. The van der Waals surface area contributed by atoms with Crippen LogP contribution < -0.4 is 10.2 Å². The molecule has 1 aromatic heterocycles. The largest absolute Gasteiger partial charge is 0.416 e. The second kappa shape index (κ2) is 10.9. The van der Waals surface area contributed by atoms with Crippen molar-refractivity contribution >= 4 is 28.9 Å². The molecule has 1 saturated heterocycles. The van der Waals surface area contributed by atoms with Crippen molar-refractivity contribution in [3.05, 3.63) is 76.4 Å². The molecule has 0 spiro atoms. The lowest BCUT2D eigenvalue weighted by Crippen LogP contribution is -2.34. The Bertz CT molecular complexity index is 1320. The number of carbonyl (C=O) groups excluding carboxylic acids is 1. The summed E-state index contributed by atoms with van der Waals surface area (Å²) in [7, 11) is 2.11. The zero-order valence-electron chi connectivity index (χ0n) is 21.2. The molecule has 38 heavy (non-hydrogen) atoms. The molecule has 5 rings (SSSR count). The molecule has 2 aromatic carbocycles. The number of nitrogens with one attached hydrogen (secondary N) is 1. The fraction of sp³-hybridized carbons (Fsp3) is 0.379. The van der Waals surface area contributed by atoms with Crippen LogP contribution in [0, 0.1) is 5.92 Å². The molecule has 3 heterocycles. The molecule has 0 amide bonds. The Hall–Kier alpha value is -3.10. The highest BCUT2D eigenvalue weighted by Gasteiger charge is 2.34. The Morgan fingerprint density at radius 3 is 2.63 bits per heavy atom. The van der Waals surface area contributed by atoms with Gasteiger partial charge in [-0.1, -0.05) is 29.8 Å². The third-order valence-electron chi connectivity index (χ3n) is 7.45. The van der Waals surface area contributed by atoms with Crippen molar-refractivity contribution in [2.45, 2.75) is 32.0 Å². The fourth-order valence-corrected chi connectivity index (χ4v) is 5.47. The Kier molecular flexibility index (Phi) is 7.63. The van der Waals surface area contributed by atoms with Gasteiger partial charge in [-0.05, 0) is 80.4 Å². The van der Waals surface area contributed by atoms with Gasteiger partial charge >= 0.3 is 6.18 Å². The van der Waals surface area contributed by atoms with Crippen molar-refractivity contribution in [3.63, 3.8) is 0 Å². The summed E-state index contributed by atoms with van der Waals surface area (Å²) < 4.78 is 41.0. The standard InChI is InChI=1S/C29H30ClF3N4O/c1-36-10-7-19(8-11-36)13-27(38)21-4-2-3-20(14-21)22-16-26-28(35-17-22)34-9-12-37(26)18-23-15-24(30)5-6-25(23)29(31,32)33/h2-6,14-17,19H,7-13,18H2,1H3,(H,34,35). The average Bonchev–Trinajstić information content (AvgIpc) is 2.89. The molecule has 2 aliphatic heterocycles. The molecule has 5 nitrogen and oxygen atoms in total. The summed E-state index contributed by atoms with van der Waals surface area (Å²) in [6.45, 7) is 3.15. The van der Waals surface area contributed by atoms with Gasteiger partial charge in [0.2, 0.25) is 0 Å². The predicted molar refractivity (Wildman–Crippen MR) is 145 cm³/mol. The normalized spacial score (nSPS) is 16.7. The van der Waals surface area contributed by atoms with Gasteiger partial charge in [0.05, 0.1) is 11.3 Å². The van der Waals surface area contributed by atoms with Crippen LogP contribution in [0.4, 0.5) is 24.7 Å². The summed E-state index contributed by atoms with van der Waals surface area (Å²) in [6, 6.07) is 13.1. The first-order valence-electron chi connectivity index (χ1n) is 12.8. The fourth-order valence-electron chi connectivity index (χ4n) is 5.28. The Balaban J connectivity index is 1.39. The molecule has 0 aliphatic carbocycles. The maximum Gasteiger partial charge on any atom is 0.416 e. The van der Waals surface area contributed by atoms with Gasteiger partial charge in [0, 0.05) is 48.4 Å². The third kappa shape index (κ3) is 5.97. The molecule has 1 fully saturated rings. The number of nitrogens with zero attached hydrogens (tertiary/aromatic N) is 3. The second-order valence-electron chi connectivity index (χ2n) is 10.2. The minimum absolute atomic E-state index is 0.0460. The molecule has 9 heteroatoms. The number of likely N-dealkylation sites (tertiary alicyclic amines) is 1. The summed E-state index contributed by atoms with van der Waals surface area (Å²) in [5.41, 5.74) is 2.45. The van der Waals surface area contributed by atoms with E-state index in [4.69, 9.17) is 11.6 Å². The van der Waals surface area contributed by atoms with E-state index in [0.29, 0.717) is 42.5 Å². The molecule has 0 radical (unpaired) electrons. The lowest BCUT2D eigenvalue weighted by molar-refractivity contribution is -0.138. The number of hydrogen-bond acceptors (Lipinski definition) is 5. The van der Waals surface area contributed by atoms with E-state index in [-0.39, 0.29) is 22.9 Å². The van der Waals surface area contributed by atoms with E-state index in [2.05, 4.69) is 22.2 Å². The molecule has 0 atom stereocenters. The first-order chi connectivity index (χ1) is 18.2. The average molecular weight is 543 g/mol. The minimum Gasteiger partial charge on any atom is -0.367 e. The number of pyridine rings is 1. The van der Waals surface area contributed by atoms with E-state index in [9.17, 15) is 18.0 Å². The number of carbonyl (C=O) groups is 1. The molecular formula is C29H30ClF3N4O. The SMILES string of the molecule is CN1CCC(CC(=O)c2cccc(-c3cnc4c(c3)N(Cc3cc(Cl)ccc3C(F)(F)F)CCN4)c2)CC1. The zero-order chi connectivity index (χ0) is 26.9. The molecule has 1 N–H and O–H groups in total. The summed E-state index contributed by atoms with van der Waals surface area (Å²) in [5, 5.41) is 3.49. The first kappa shape index (κ1) is 26.5. The number of halogens is 4. The van der Waals surface area contributed by atoms with Crippen molar-refractivity contribution in [3.8, 4) is 11.1 Å². The van der Waals surface area contributed by atoms with Crippen LogP contribution in [-0.4, -0.2) is 48.9 Å². The topological polar surface area (TPSA) is 48.5 Å². The molecule has 2 aliphatic rings. The highest BCUT2D eigenvalue weighted by atomic mass is 35.5. The van der Waals surface area contributed by atoms with E-state index in [1.165, 1.54) is 12.1 Å². The predicted octanol–water partition coefficient (Wildman–Crippen LogP) is 6.77. The van der Waals surface area contributed by atoms with Crippen LogP contribution in [0.2, 0.25) is 5.02 Å². The monoisotopic (exact) mass is 542 g/mol. The van der Waals surface area contributed by atoms with Gasteiger partial charge in [-0.3, -0.25) is 4.79 Å². The van der Waals surface area contributed by atoms with E-state index in [0.717, 1.165) is 43.1 Å². The van der Waals surface area contributed by atoms with Gasteiger partial charge in [-0.2, -0.15) is 13.2 Å². The Labute approximate surface area is 225 Å². The maximum atomic E-state index is 13.7. The van der Waals surface area contributed by atoms with E-state index >= 15 is 0 Å². The number of ketones is 1. The van der Waals surface area contributed by atoms with Crippen molar-refractivity contribution in [2.75, 3.05) is 43.4 Å². The van der Waals surface area contributed by atoms with Crippen molar-refractivity contribution in [1.29, 1.82) is 0 Å². The number of rotatable bonds is 6. The summed E-state index contributed by atoms with van der Waals surface area (Å²) in [4.78, 5) is 21.8. The first-order valence-corrected chi connectivity index (χ1v) is 13.2. The van der Waals surface area contributed by atoms with Crippen molar-refractivity contribution in [1.82, 2.24) is 9.88 Å². The summed E-state index contributed by atoms with van der Waals surface area (Å²) in [6.07, 6.45) is -0.142. The molecule has 200 valence electrons. The highest BCUT2D eigenvalue weighted by Crippen LogP contribution is 2.37. The van der Waals surface area contributed by atoms with Gasteiger partial charge in [0.25, 0.3) is 0 Å². The van der Waals surface area contributed by atoms with E-state index in [1.54, 1.807) is 6.20 Å². The maximum absolute atomic E-state index is 13.7. The quantitative estimate of drug-likeness (QED) is 0.348. The summed E-state index contributed by atoms with van der Waals surface area (Å²) >= 11 is 6.06. The molecule has 0 saturated carbocycles. The minimum atomic E-state index is -4.47. The molecule has 0 bridgehead atoms. The van der Waals surface area contributed by atoms with Gasteiger partial charge in [0.15, 0.2) is 5.78 Å². The van der Waals surface area contributed by atoms with Crippen molar-refractivity contribution in [2.24, 2.45) is 5.92 Å². The van der Waals surface area contributed by atoms with Crippen LogP contribution in [0.15, 0.2) is 54.7 Å². The second-order valence-corrected chi connectivity index (χ2v) is 10.6. The number of aromatic nitrogens is 1. The van der Waals surface area contributed by atoms with E-state index in [1.807, 2.05) is 35.2 Å². The van der Waals surface area contributed by atoms with Gasteiger partial charge in [0.1, 0.15) is 5.82 Å². The number of hydrogen-bond donors (Lipinski definition) is 1. The number of piperidine rings is 1. The Morgan fingerprint density at radius 2 is 1.87 bits per heavy atom. The van der Waals surface area contributed by atoms with Crippen LogP contribution >= 0.6 is 11.6 Å². The van der Waals surface area contributed by atoms with Crippen LogP contribution in [0.3, 0.4) is 0 Å². The van der Waals surface area contributed by atoms with Gasteiger partial charge < -0.3 is 15.1 Å². The van der Waals surface area contributed by atoms with E-state index < -0.39 is 11.7 Å². The molecular weight excluding hydrogens is 513 g/mol. The highest BCUT2D eigenvalue weighted by molar-refractivity contribution is 6.30. The van der Waals surface area contributed by atoms with Crippen LogP contribution in [0.1, 0.15) is 40.7 Å². The van der Waals surface area contributed by atoms with Crippen LogP contribution in [0.25, 0.3) is 11.1 Å². The van der Waals surface area contributed by atoms with Gasteiger partial charge in [-0.15, -0.1) is 0 Å². The number of benzene rings is 2. The number of Topliss-reactive ketones (excluding diaryl/α,β-unsaturated/α-hetero) is 1. The lowest BCUT2D eigenvalue weighted by Gasteiger charge is -2.32. The summed E-state index contributed by atoms with van der Waals surface area (Å²) in [5.74, 6) is 1.15. The smallest absolute Gasteiger partial charge is 0.367 e. The van der Waals surface area contributed by atoms with Gasteiger partial charge in [-0.25, -0.2) is 4.98 Å². The van der Waals surface area contributed by atoms with Crippen molar-refractivity contribution < 1.29 is 18.0 Å². The number of alkyl halides is 3. The third-order valence-corrected chi connectivity index (χ3v) is 7.68. The van der Waals surface area contributed by atoms with Crippen LogP contribution in [0.5, 0.6) is 0 Å². The zero-order valence-corrected chi connectivity index (χ0v) is 21.9. The molecule has 0 unspecified atom stereocenters. The number of anilines is 2. The molecule has 3 aromatic rings.